The van der Waals surface area contributed by atoms with E-state index in [2.05, 4.69) is 5.16 Å². The van der Waals surface area contributed by atoms with Crippen molar-refractivity contribution in [3.8, 4) is 16.9 Å². The highest BCUT2D eigenvalue weighted by molar-refractivity contribution is 5.71. The van der Waals surface area contributed by atoms with E-state index in [1.54, 1.807) is 19.2 Å². The van der Waals surface area contributed by atoms with E-state index in [0.717, 1.165) is 11.1 Å². The molecule has 2 N–H and O–H groups in total. The van der Waals surface area contributed by atoms with Crippen LogP contribution in [0.4, 0.5) is 10.3 Å². The molecular formula is C18H17FN2O2. The van der Waals surface area contributed by atoms with E-state index in [-0.39, 0.29) is 17.6 Å². The summed E-state index contributed by atoms with van der Waals surface area (Å²) in [7, 11) is 1.57. The van der Waals surface area contributed by atoms with Crippen LogP contribution in [-0.4, -0.2) is 12.3 Å². The molecule has 1 atom stereocenters. The zero-order chi connectivity index (χ0) is 16.4. The Morgan fingerprint density at radius 3 is 2.57 bits per heavy atom. The van der Waals surface area contributed by atoms with Crippen LogP contribution in [0.25, 0.3) is 11.1 Å². The zero-order valence-corrected chi connectivity index (χ0v) is 12.9. The zero-order valence-electron chi connectivity index (χ0n) is 12.9. The van der Waals surface area contributed by atoms with Crippen LogP contribution in [0.1, 0.15) is 24.1 Å². The van der Waals surface area contributed by atoms with Gasteiger partial charge in [-0.15, -0.1) is 0 Å². The molecule has 0 saturated heterocycles. The summed E-state index contributed by atoms with van der Waals surface area (Å²) in [5.74, 6) is 0.460. The van der Waals surface area contributed by atoms with Gasteiger partial charge in [-0.25, -0.2) is 4.39 Å². The van der Waals surface area contributed by atoms with Gasteiger partial charge in [-0.3, -0.25) is 0 Å². The Morgan fingerprint density at radius 1 is 1.13 bits per heavy atom. The Labute approximate surface area is 133 Å². The molecule has 0 fully saturated rings. The van der Waals surface area contributed by atoms with E-state index >= 15 is 0 Å². The van der Waals surface area contributed by atoms with E-state index in [4.69, 9.17) is 15.0 Å². The largest absolute Gasteiger partial charge is 0.496 e. The first-order chi connectivity index (χ1) is 11.1. The Kier molecular flexibility index (Phi) is 4.02. The number of aromatic nitrogens is 1. The topological polar surface area (TPSA) is 61.3 Å². The van der Waals surface area contributed by atoms with E-state index in [9.17, 15) is 4.39 Å². The first-order valence-electron chi connectivity index (χ1n) is 7.25. The third kappa shape index (κ3) is 2.90. The summed E-state index contributed by atoms with van der Waals surface area (Å²) < 4.78 is 24.8. The van der Waals surface area contributed by atoms with Crippen molar-refractivity contribution in [3.63, 3.8) is 0 Å². The van der Waals surface area contributed by atoms with Crippen LogP contribution in [0.5, 0.6) is 5.75 Å². The van der Waals surface area contributed by atoms with Crippen LogP contribution in [0.2, 0.25) is 0 Å². The molecule has 1 heterocycles. The molecule has 23 heavy (non-hydrogen) atoms. The lowest BCUT2D eigenvalue weighted by molar-refractivity contribution is 0.416. The summed E-state index contributed by atoms with van der Waals surface area (Å²) >= 11 is 0. The lowest BCUT2D eigenvalue weighted by atomic mass is 9.94. The molecule has 0 aliphatic rings. The molecule has 0 amide bonds. The summed E-state index contributed by atoms with van der Waals surface area (Å²) in [5, 5.41) is 3.89. The smallest absolute Gasteiger partial charge is 0.222 e. The van der Waals surface area contributed by atoms with E-state index in [1.165, 1.54) is 6.07 Å². The molecule has 0 radical (unpaired) electrons. The third-order valence-corrected chi connectivity index (χ3v) is 3.88. The number of methoxy groups -OCH3 is 1. The van der Waals surface area contributed by atoms with Gasteiger partial charge in [0.05, 0.1) is 12.8 Å². The summed E-state index contributed by atoms with van der Waals surface area (Å²) in [5.41, 5.74) is 8.23. The number of benzene rings is 2. The van der Waals surface area contributed by atoms with Crippen molar-refractivity contribution < 1.29 is 13.7 Å². The van der Waals surface area contributed by atoms with Crippen LogP contribution in [0.15, 0.2) is 53.1 Å². The normalized spacial score (nSPS) is 12.1. The summed E-state index contributed by atoms with van der Waals surface area (Å²) in [4.78, 5) is 0. The number of nitrogens with two attached hydrogens (primary N) is 1. The van der Waals surface area contributed by atoms with Gasteiger partial charge in [-0.2, -0.15) is 0 Å². The fourth-order valence-corrected chi connectivity index (χ4v) is 2.56. The molecule has 4 nitrogen and oxygen atoms in total. The number of ether oxygens (including phenoxy) is 1. The summed E-state index contributed by atoms with van der Waals surface area (Å²) in [6.45, 7) is 1.93. The van der Waals surface area contributed by atoms with Crippen LogP contribution >= 0.6 is 0 Å². The minimum atomic E-state index is -0.310. The minimum absolute atomic E-state index is 0.114. The predicted octanol–water partition coefficient (Wildman–Crippen LogP) is 4.22. The fourth-order valence-electron chi connectivity index (χ4n) is 2.56. The number of hydrogen-bond donors (Lipinski definition) is 1. The predicted molar refractivity (Wildman–Crippen MR) is 86.8 cm³/mol. The van der Waals surface area contributed by atoms with Crippen molar-refractivity contribution in [1.82, 2.24) is 5.16 Å². The quantitative estimate of drug-likeness (QED) is 0.783. The molecule has 118 valence electrons. The van der Waals surface area contributed by atoms with E-state index < -0.39 is 0 Å². The number of nitrogen functional groups attached to an aromatic ring is 1. The van der Waals surface area contributed by atoms with Gasteiger partial charge in [0.25, 0.3) is 0 Å². The fraction of sp³-hybridized carbons (Fsp3) is 0.167. The standard InChI is InChI=1S/C18H17FN2O2/c1-11(16-10-18(20)23-21-16)12-7-8-13(15(19)9-12)14-5-3-4-6-17(14)22-2/h3-11H,20H2,1-2H3. The van der Waals surface area contributed by atoms with Crippen molar-refractivity contribution >= 4 is 5.88 Å². The Hall–Kier alpha value is -2.82. The van der Waals surface area contributed by atoms with Crippen LogP contribution in [0, 0.1) is 5.82 Å². The van der Waals surface area contributed by atoms with Gasteiger partial charge < -0.3 is 15.0 Å². The minimum Gasteiger partial charge on any atom is -0.496 e. The summed E-state index contributed by atoms with van der Waals surface area (Å²) in [6.07, 6.45) is 0. The Bertz CT molecular complexity index is 829. The number of para-hydroxylation sites is 1. The number of halogens is 1. The first kappa shape index (κ1) is 15.1. The molecule has 1 aromatic heterocycles. The second-order valence-electron chi connectivity index (χ2n) is 5.32. The average Bonchev–Trinajstić information content (AvgIpc) is 3.00. The van der Waals surface area contributed by atoms with Crippen molar-refractivity contribution in [2.45, 2.75) is 12.8 Å². The Morgan fingerprint density at radius 2 is 1.91 bits per heavy atom. The van der Waals surface area contributed by atoms with Gasteiger partial charge in [-0.1, -0.05) is 42.4 Å². The second kappa shape index (κ2) is 6.12. The molecule has 3 aromatic rings. The lowest BCUT2D eigenvalue weighted by Gasteiger charge is -2.13. The highest BCUT2D eigenvalue weighted by atomic mass is 19.1. The molecule has 0 saturated carbocycles. The van der Waals surface area contributed by atoms with Gasteiger partial charge in [0.15, 0.2) is 0 Å². The molecule has 3 rings (SSSR count). The van der Waals surface area contributed by atoms with Crippen LogP contribution < -0.4 is 10.5 Å². The van der Waals surface area contributed by atoms with Gasteiger partial charge in [-0.05, 0) is 17.7 Å². The average molecular weight is 312 g/mol. The van der Waals surface area contributed by atoms with Crippen LogP contribution in [0.3, 0.4) is 0 Å². The maximum atomic E-state index is 14.6. The first-order valence-corrected chi connectivity index (χ1v) is 7.25. The van der Waals surface area contributed by atoms with Crippen molar-refractivity contribution in [3.05, 3.63) is 65.6 Å². The van der Waals surface area contributed by atoms with Crippen LogP contribution in [-0.2, 0) is 0 Å². The van der Waals surface area contributed by atoms with Gasteiger partial charge >= 0.3 is 0 Å². The molecule has 2 aromatic carbocycles. The highest BCUT2D eigenvalue weighted by Crippen LogP contribution is 2.34. The molecule has 0 bridgehead atoms. The van der Waals surface area contributed by atoms with Gasteiger partial charge in [0, 0.05) is 23.1 Å². The second-order valence-corrected chi connectivity index (χ2v) is 5.32. The van der Waals surface area contributed by atoms with E-state index in [1.807, 2.05) is 37.3 Å². The number of hydrogen-bond acceptors (Lipinski definition) is 4. The van der Waals surface area contributed by atoms with Gasteiger partial charge in [0.1, 0.15) is 11.6 Å². The molecule has 5 heteroatoms. The third-order valence-electron chi connectivity index (χ3n) is 3.88. The van der Waals surface area contributed by atoms with Gasteiger partial charge in [0.2, 0.25) is 5.88 Å². The number of rotatable bonds is 4. The van der Waals surface area contributed by atoms with Crippen molar-refractivity contribution in [2.75, 3.05) is 12.8 Å². The maximum Gasteiger partial charge on any atom is 0.222 e. The van der Waals surface area contributed by atoms with Crippen molar-refractivity contribution in [1.29, 1.82) is 0 Å². The molecule has 0 aliphatic carbocycles. The SMILES string of the molecule is COc1ccccc1-c1ccc(C(C)c2cc(N)on2)cc1F. The van der Waals surface area contributed by atoms with Crippen molar-refractivity contribution in [2.24, 2.45) is 0 Å². The lowest BCUT2D eigenvalue weighted by Crippen LogP contribution is -1.98. The summed E-state index contributed by atoms with van der Waals surface area (Å²) in [6, 6.07) is 14.1. The number of nitrogens with zero attached hydrogens (tertiary/aromatic N) is 1. The number of anilines is 1. The van der Waals surface area contributed by atoms with E-state index in [0.29, 0.717) is 17.0 Å². The molecule has 1 unspecified atom stereocenters. The molecule has 0 aliphatic heterocycles. The Balaban J connectivity index is 1.98. The highest BCUT2D eigenvalue weighted by Gasteiger charge is 2.16. The molecule has 0 spiro atoms. The molecular weight excluding hydrogens is 295 g/mol. The maximum absolute atomic E-state index is 14.6. The monoisotopic (exact) mass is 312 g/mol.